The number of fused-ring (bicyclic) bond motifs is 2. The van der Waals surface area contributed by atoms with Crippen LogP contribution in [0.4, 0.5) is 0 Å². The predicted octanol–water partition coefficient (Wildman–Crippen LogP) is 5.81. The van der Waals surface area contributed by atoms with E-state index in [1.807, 2.05) is 6.07 Å². The monoisotopic (exact) mass is 436 g/mol. The van der Waals surface area contributed by atoms with Crippen LogP contribution in [-0.2, 0) is 20.7 Å². The van der Waals surface area contributed by atoms with Gasteiger partial charge in [-0.15, -0.1) is 0 Å². The highest BCUT2D eigenvalue weighted by Crippen LogP contribution is 2.43. The van der Waals surface area contributed by atoms with Gasteiger partial charge in [-0.25, -0.2) is 8.42 Å². The van der Waals surface area contributed by atoms with Gasteiger partial charge in [0.15, 0.2) is 11.4 Å². The zero-order chi connectivity index (χ0) is 22.8. The lowest BCUT2D eigenvalue weighted by Gasteiger charge is -2.25. The second kappa shape index (κ2) is 6.92. The molecule has 0 spiro atoms. The first kappa shape index (κ1) is 21.6. The molecular weight excluding hydrogens is 406 g/mol. The highest BCUT2D eigenvalue weighted by Gasteiger charge is 2.37. The number of hydrogen-bond donors (Lipinski definition) is 0. The summed E-state index contributed by atoms with van der Waals surface area (Å²) < 4.78 is 35.0. The molecule has 1 aliphatic rings. The molecule has 4 nitrogen and oxygen atoms in total. The Morgan fingerprint density at radius 2 is 1.29 bits per heavy atom. The maximum Gasteiger partial charge on any atom is 0.214 e. The third-order valence-corrected chi connectivity index (χ3v) is 7.40. The molecule has 4 rings (SSSR count). The molecule has 0 saturated carbocycles. The summed E-state index contributed by atoms with van der Waals surface area (Å²) in [6.45, 7) is 15.2. The molecule has 2 heterocycles. The van der Waals surface area contributed by atoms with Crippen molar-refractivity contribution in [2.75, 3.05) is 0 Å². The van der Waals surface area contributed by atoms with E-state index in [4.69, 9.17) is 4.74 Å². The van der Waals surface area contributed by atoms with E-state index in [9.17, 15) is 8.42 Å². The topological polar surface area (TPSA) is 47.2 Å². The van der Waals surface area contributed by atoms with E-state index in [2.05, 4.69) is 65.2 Å². The highest BCUT2D eigenvalue weighted by atomic mass is 32.2. The normalized spacial score (nSPS) is 15.1. The molecule has 0 aliphatic carbocycles. The lowest BCUT2D eigenvalue weighted by Crippen LogP contribution is -2.48. The molecule has 0 radical (unpaired) electrons. The van der Waals surface area contributed by atoms with Gasteiger partial charge in [0, 0.05) is 35.1 Å². The first-order chi connectivity index (χ1) is 14.3. The second-order valence-electron chi connectivity index (χ2n) is 10.3. The Morgan fingerprint density at radius 3 is 1.87 bits per heavy atom. The highest BCUT2D eigenvalue weighted by molar-refractivity contribution is 7.91. The van der Waals surface area contributed by atoms with E-state index >= 15 is 0 Å². The predicted molar refractivity (Wildman–Crippen MR) is 122 cm³/mol. The average Bonchev–Trinajstić information content (AvgIpc) is 2.66. The number of aryl methyl sites for hydroxylation is 1. The number of sulfone groups is 1. The van der Waals surface area contributed by atoms with Crippen LogP contribution in [0.5, 0.6) is 11.5 Å². The maximum atomic E-state index is 13.4. The fourth-order valence-electron chi connectivity index (χ4n) is 4.04. The Hall–Kier alpha value is -2.66. The zero-order valence-corrected chi connectivity index (χ0v) is 20.1. The van der Waals surface area contributed by atoms with Crippen LogP contribution >= 0.6 is 0 Å². The molecule has 0 saturated heterocycles. The number of para-hydroxylation sites is 1. The minimum Gasteiger partial charge on any atom is -0.455 e. The number of aromatic nitrogens is 1. The summed E-state index contributed by atoms with van der Waals surface area (Å²) in [7, 11) is -3.68. The minimum absolute atomic E-state index is 0.135. The number of rotatable bonds is 1. The van der Waals surface area contributed by atoms with Crippen LogP contribution in [0.3, 0.4) is 0 Å². The van der Waals surface area contributed by atoms with Gasteiger partial charge in [0.05, 0.1) is 0 Å². The summed E-state index contributed by atoms with van der Waals surface area (Å²) in [5.41, 5.74) is 4.00. The fraction of sp³-hybridized carbons (Fsp3) is 0.346. The van der Waals surface area contributed by atoms with Crippen molar-refractivity contribution >= 4 is 9.84 Å². The van der Waals surface area contributed by atoms with Gasteiger partial charge in [0.1, 0.15) is 21.3 Å². The van der Waals surface area contributed by atoms with Crippen LogP contribution in [0.15, 0.2) is 64.4 Å². The fourth-order valence-corrected chi connectivity index (χ4v) is 5.56. The van der Waals surface area contributed by atoms with Gasteiger partial charge in [-0.05, 0) is 30.7 Å². The van der Waals surface area contributed by atoms with Crippen LogP contribution in [0.1, 0.15) is 58.5 Å². The van der Waals surface area contributed by atoms with Crippen LogP contribution in [0, 0.1) is 6.92 Å². The molecule has 0 unspecified atom stereocenters. The number of pyridine rings is 1. The molecule has 0 fully saturated rings. The first-order valence-electron chi connectivity index (χ1n) is 10.5. The number of benzene rings is 2. The van der Waals surface area contributed by atoms with Gasteiger partial charge in [-0.3, -0.25) is 0 Å². The van der Waals surface area contributed by atoms with Gasteiger partial charge >= 0.3 is 0 Å². The van der Waals surface area contributed by atoms with E-state index in [-0.39, 0.29) is 20.6 Å². The molecule has 162 valence electrons. The summed E-state index contributed by atoms with van der Waals surface area (Å²) in [5, 5.41) is 0. The van der Waals surface area contributed by atoms with Gasteiger partial charge in [0.2, 0.25) is 15.5 Å². The lowest BCUT2D eigenvalue weighted by molar-refractivity contribution is -0.620. The van der Waals surface area contributed by atoms with Gasteiger partial charge in [-0.1, -0.05) is 53.7 Å². The molecule has 5 heteroatoms. The van der Waals surface area contributed by atoms with Crippen LogP contribution in [-0.4, -0.2) is 8.42 Å². The van der Waals surface area contributed by atoms with E-state index in [0.29, 0.717) is 11.5 Å². The molecular formula is C26H30NO3S+. The lowest BCUT2D eigenvalue weighted by atomic mass is 9.85. The number of hydrogen-bond acceptors (Lipinski definition) is 3. The number of nitrogens with zero attached hydrogens (tertiary/aromatic N) is 1. The Bertz CT molecular complexity index is 1260. The van der Waals surface area contributed by atoms with Crippen LogP contribution in [0.2, 0.25) is 0 Å². The standard InChI is InChI=1S/C26H30NO3S/c1-17-14-23(25(2,3)4)27(24(15-17)26(5,6)7)18-12-13-20-22(16-18)31(28,29)21-11-9-8-10-19(21)30-20/h8-16H,1-7H3/q+1. The molecule has 1 aromatic heterocycles. The summed E-state index contributed by atoms with van der Waals surface area (Å²) in [6, 6.07) is 16.6. The van der Waals surface area contributed by atoms with Crippen molar-refractivity contribution in [3.8, 4) is 17.2 Å². The summed E-state index contributed by atoms with van der Waals surface area (Å²) >= 11 is 0. The third-order valence-electron chi connectivity index (χ3n) is 5.58. The smallest absolute Gasteiger partial charge is 0.214 e. The van der Waals surface area contributed by atoms with Crippen molar-refractivity contribution in [2.24, 2.45) is 0 Å². The number of ether oxygens (including phenoxy) is 1. The maximum absolute atomic E-state index is 13.4. The molecule has 0 bridgehead atoms. The molecule has 0 atom stereocenters. The van der Waals surface area contributed by atoms with Crippen LogP contribution in [0.25, 0.3) is 5.69 Å². The van der Waals surface area contributed by atoms with Gasteiger partial charge < -0.3 is 4.74 Å². The first-order valence-corrected chi connectivity index (χ1v) is 12.0. The largest absolute Gasteiger partial charge is 0.455 e. The Balaban J connectivity index is 2.03. The zero-order valence-electron chi connectivity index (χ0n) is 19.3. The molecule has 3 aromatic rings. The average molecular weight is 437 g/mol. The molecule has 31 heavy (non-hydrogen) atoms. The Morgan fingerprint density at radius 1 is 0.742 bits per heavy atom. The summed E-state index contributed by atoms with van der Waals surface area (Å²) in [4.78, 5) is 0.414. The van der Waals surface area contributed by atoms with E-state index in [1.165, 1.54) is 5.56 Å². The summed E-state index contributed by atoms with van der Waals surface area (Å²) in [5.74, 6) is 0.737. The van der Waals surface area contributed by atoms with Crippen molar-refractivity contribution in [1.29, 1.82) is 0 Å². The van der Waals surface area contributed by atoms with Gasteiger partial charge in [-0.2, -0.15) is 4.57 Å². The second-order valence-corrected chi connectivity index (χ2v) is 12.2. The van der Waals surface area contributed by atoms with Crippen molar-refractivity contribution in [3.05, 3.63) is 71.5 Å². The molecule has 0 N–H and O–H groups in total. The van der Waals surface area contributed by atoms with Crippen molar-refractivity contribution in [1.82, 2.24) is 0 Å². The van der Waals surface area contributed by atoms with Crippen molar-refractivity contribution in [2.45, 2.75) is 69.1 Å². The van der Waals surface area contributed by atoms with E-state index in [1.54, 1.807) is 36.4 Å². The molecule has 2 aromatic carbocycles. The van der Waals surface area contributed by atoms with Crippen LogP contribution < -0.4 is 9.30 Å². The quantitative estimate of drug-likeness (QED) is 0.354. The van der Waals surface area contributed by atoms with Gasteiger partial charge in [0.25, 0.3) is 0 Å². The van der Waals surface area contributed by atoms with E-state index in [0.717, 1.165) is 17.1 Å². The molecule has 1 aliphatic heterocycles. The summed E-state index contributed by atoms with van der Waals surface area (Å²) in [6.07, 6.45) is 0. The third kappa shape index (κ3) is 3.65. The Kier molecular flexibility index (Phi) is 4.82. The van der Waals surface area contributed by atoms with E-state index < -0.39 is 9.84 Å². The van der Waals surface area contributed by atoms with Crippen molar-refractivity contribution in [3.63, 3.8) is 0 Å². The minimum atomic E-state index is -3.68. The van der Waals surface area contributed by atoms with Crippen molar-refractivity contribution < 1.29 is 17.7 Å². The SMILES string of the molecule is Cc1cc(C(C)(C)C)[n+](-c2ccc3c(c2)S(=O)(=O)c2ccccc2O3)c(C(C)(C)C)c1. The molecule has 0 amide bonds. The Labute approximate surface area is 185 Å².